The van der Waals surface area contributed by atoms with E-state index in [1.165, 1.54) is 0 Å². The molecule has 122 valence electrons. The van der Waals surface area contributed by atoms with Crippen LogP contribution < -0.4 is 10.6 Å². The summed E-state index contributed by atoms with van der Waals surface area (Å²) >= 11 is 0. The number of aromatic nitrogens is 3. The van der Waals surface area contributed by atoms with Gasteiger partial charge in [-0.2, -0.15) is 5.10 Å². The zero-order valence-electron chi connectivity index (χ0n) is 13.1. The first-order valence-electron chi connectivity index (χ1n) is 7.84. The first-order chi connectivity index (χ1) is 11.2. The number of hydrogen-bond donors (Lipinski definition) is 2. The topological polar surface area (TPSA) is 81.1 Å². The molecule has 0 bridgehead atoms. The number of carbonyl (C=O) groups is 1. The minimum atomic E-state index is -0.205. The Morgan fingerprint density at radius 3 is 3.13 bits per heavy atom. The second-order valence-electron chi connectivity index (χ2n) is 5.60. The van der Waals surface area contributed by atoms with Crippen molar-refractivity contribution >= 4 is 6.03 Å². The largest absolute Gasteiger partial charge is 0.376 e. The van der Waals surface area contributed by atoms with E-state index in [2.05, 4.69) is 20.7 Å². The molecule has 23 heavy (non-hydrogen) atoms. The van der Waals surface area contributed by atoms with E-state index in [4.69, 9.17) is 4.74 Å². The highest BCUT2D eigenvalue weighted by atomic mass is 16.5. The average molecular weight is 315 g/mol. The summed E-state index contributed by atoms with van der Waals surface area (Å²) in [6.07, 6.45) is 7.39. The van der Waals surface area contributed by atoms with Crippen LogP contribution in [0.1, 0.15) is 25.3 Å². The van der Waals surface area contributed by atoms with Crippen LogP contribution in [-0.2, 0) is 11.3 Å². The molecule has 7 heteroatoms. The Kier molecular flexibility index (Phi) is 4.87. The van der Waals surface area contributed by atoms with Crippen LogP contribution in [0.15, 0.2) is 36.8 Å². The van der Waals surface area contributed by atoms with Gasteiger partial charge in [0.2, 0.25) is 0 Å². The number of pyridine rings is 1. The lowest BCUT2D eigenvalue weighted by atomic mass is 10.1. The van der Waals surface area contributed by atoms with Crippen molar-refractivity contribution < 1.29 is 9.53 Å². The molecule has 2 atom stereocenters. The highest BCUT2D eigenvalue weighted by molar-refractivity contribution is 5.74. The van der Waals surface area contributed by atoms with Gasteiger partial charge < -0.3 is 15.4 Å². The minimum absolute atomic E-state index is 0.00279. The van der Waals surface area contributed by atoms with Crippen LogP contribution >= 0.6 is 0 Å². The second-order valence-corrected chi connectivity index (χ2v) is 5.60. The van der Waals surface area contributed by atoms with E-state index in [1.54, 1.807) is 17.1 Å². The summed E-state index contributed by atoms with van der Waals surface area (Å²) in [7, 11) is 0. The number of amides is 2. The van der Waals surface area contributed by atoms with E-state index in [-0.39, 0.29) is 18.2 Å². The van der Waals surface area contributed by atoms with E-state index in [0.717, 1.165) is 25.0 Å². The fourth-order valence-electron chi connectivity index (χ4n) is 2.69. The molecule has 0 spiro atoms. The maximum Gasteiger partial charge on any atom is 0.315 e. The van der Waals surface area contributed by atoms with Gasteiger partial charge in [-0.05, 0) is 31.9 Å². The Balaban J connectivity index is 1.57. The first kappa shape index (κ1) is 15.5. The molecule has 0 aromatic carbocycles. The monoisotopic (exact) mass is 315 g/mol. The smallest absolute Gasteiger partial charge is 0.315 e. The van der Waals surface area contributed by atoms with Gasteiger partial charge in [-0.15, -0.1) is 0 Å². The highest BCUT2D eigenvalue weighted by Gasteiger charge is 2.23. The number of nitrogens with one attached hydrogen (secondary N) is 2. The lowest BCUT2D eigenvalue weighted by Crippen LogP contribution is -2.45. The van der Waals surface area contributed by atoms with Gasteiger partial charge in [0.15, 0.2) is 5.82 Å². The molecule has 0 unspecified atom stereocenters. The molecule has 1 saturated heterocycles. The van der Waals surface area contributed by atoms with E-state index in [1.807, 2.05) is 31.3 Å². The number of urea groups is 1. The zero-order valence-corrected chi connectivity index (χ0v) is 13.1. The van der Waals surface area contributed by atoms with Crippen LogP contribution in [0.3, 0.4) is 0 Å². The Bertz CT molecular complexity index is 638. The standard InChI is InChI=1S/C16H21N5O2/c1-12(14-6-3-10-23-14)20-16(22)18-11-13-5-2-7-17-15(13)21-9-4-8-19-21/h2,4-5,7-9,12,14H,3,6,10-11H2,1H3,(H2,18,20,22)/t12-,14+/m0/s1. The number of rotatable bonds is 5. The third-order valence-electron chi connectivity index (χ3n) is 3.91. The maximum atomic E-state index is 12.1. The van der Waals surface area contributed by atoms with E-state index in [9.17, 15) is 4.79 Å². The lowest BCUT2D eigenvalue weighted by molar-refractivity contribution is 0.0860. The molecular weight excluding hydrogens is 294 g/mol. The molecule has 2 aromatic rings. The fourth-order valence-corrected chi connectivity index (χ4v) is 2.69. The molecule has 1 aliphatic heterocycles. The Labute approximate surface area is 135 Å². The van der Waals surface area contributed by atoms with Crippen molar-refractivity contribution in [2.24, 2.45) is 0 Å². The van der Waals surface area contributed by atoms with Crippen LogP contribution in [0.2, 0.25) is 0 Å². The first-order valence-corrected chi connectivity index (χ1v) is 7.84. The summed E-state index contributed by atoms with van der Waals surface area (Å²) in [6.45, 7) is 3.13. The molecule has 3 rings (SSSR count). The lowest BCUT2D eigenvalue weighted by Gasteiger charge is -2.20. The molecule has 1 fully saturated rings. The van der Waals surface area contributed by atoms with E-state index >= 15 is 0 Å². The van der Waals surface area contributed by atoms with E-state index < -0.39 is 0 Å². The summed E-state index contributed by atoms with van der Waals surface area (Å²) in [5.74, 6) is 0.713. The predicted molar refractivity (Wildman–Crippen MR) is 85.2 cm³/mol. The predicted octanol–water partition coefficient (Wildman–Crippen LogP) is 1.63. The maximum absolute atomic E-state index is 12.1. The Morgan fingerprint density at radius 1 is 1.48 bits per heavy atom. The Morgan fingerprint density at radius 2 is 2.39 bits per heavy atom. The van der Waals surface area contributed by atoms with Gasteiger partial charge in [0, 0.05) is 37.3 Å². The van der Waals surface area contributed by atoms with Crippen molar-refractivity contribution in [3.63, 3.8) is 0 Å². The summed E-state index contributed by atoms with van der Waals surface area (Å²) < 4.78 is 7.27. The number of hydrogen-bond acceptors (Lipinski definition) is 4. The summed E-state index contributed by atoms with van der Waals surface area (Å²) in [5, 5.41) is 9.98. The molecule has 2 amide bonds. The third-order valence-corrected chi connectivity index (χ3v) is 3.91. The van der Waals surface area contributed by atoms with Crippen molar-refractivity contribution in [3.05, 3.63) is 42.4 Å². The van der Waals surface area contributed by atoms with Crippen molar-refractivity contribution in [2.75, 3.05) is 6.61 Å². The summed E-state index contributed by atoms with van der Waals surface area (Å²) in [4.78, 5) is 16.4. The molecule has 1 aliphatic rings. The highest BCUT2D eigenvalue weighted by Crippen LogP contribution is 2.15. The fraction of sp³-hybridized carbons (Fsp3) is 0.438. The average Bonchev–Trinajstić information content (AvgIpc) is 3.26. The van der Waals surface area contributed by atoms with Gasteiger partial charge in [0.25, 0.3) is 0 Å². The van der Waals surface area contributed by atoms with Crippen LogP contribution in [0.5, 0.6) is 0 Å². The number of ether oxygens (including phenoxy) is 1. The van der Waals surface area contributed by atoms with Crippen molar-refractivity contribution in [1.82, 2.24) is 25.4 Å². The number of nitrogens with zero attached hydrogens (tertiary/aromatic N) is 3. The third kappa shape index (κ3) is 3.87. The molecule has 2 aromatic heterocycles. The SMILES string of the molecule is C[C@H](NC(=O)NCc1cccnc1-n1cccn1)[C@H]1CCCO1. The second kappa shape index (κ2) is 7.23. The molecule has 7 nitrogen and oxygen atoms in total. The minimum Gasteiger partial charge on any atom is -0.376 e. The van der Waals surface area contributed by atoms with Gasteiger partial charge >= 0.3 is 6.03 Å². The molecule has 0 radical (unpaired) electrons. The normalized spacial score (nSPS) is 18.6. The van der Waals surface area contributed by atoms with Crippen LogP contribution in [-0.4, -0.2) is 39.5 Å². The Hall–Kier alpha value is -2.41. The van der Waals surface area contributed by atoms with E-state index in [0.29, 0.717) is 12.4 Å². The zero-order chi connectivity index (χ0) is 16.1. The quantitative estimate of drug-likeness (QED) is 0.879. The van der Waals surface area contributed by atoms with Crippen molar-refractivity contribution in [2.45, 2.75) is 38.5 Å². The van der Waals surface area contributed by atoms with Gasteiger partial charge in [-0.3, -0.25) is 0 Å². The van der Waals surface area contributed by atoms with Crippen LogP contribution in [0, 0.1) is 0 Å². The summed E-state index contributed by atoms with van der Waals surface area (Å²) in [6, 6.07) is 5.40. The van der Waals surface area contributed by atoms with Crippen molar-refractivity contribution in [1.29, 1.82) is 0 Å². The molecule has 0 aliphatic carbocycles. The van der Waals surface area contributed by atoms with Gasteiger partial charge in [0.1, 0.15) is 0 Å². The molecule has 3 heterocycles. The van der Waals surface area contributed by atoms with Gasteiger partial charge in [0.05, 0.1) is 12.1 Å². The van der Waals surface area contributed by atoms with Gasteiger partial charge in [-0.25, -0.2) is 14.5 Å². The molecule has 2 N–H and O–H groups in total. The molecule has 0 saturated carbocycles. The number of carbonyl (C=O) groups excluding carboxylic acids is 1. The van der Waals surface area contributed by atoms with Crippen LogP contribution in [0.4, 0.5) is 4.79 Å². The van der Waals surface area contributed by atoms with Crippen molar-refractivity contribution in [3.8, 4) is 5.82 Å². The summed E-state index contributed by atoms with van der Waals surface area (Å²) in [5.41, 5.74) is 0.899. The van der Waals surface area contributed by atoms with Crippen LogP contribution in [0.25, 0.3) is 5.82 Å². The molecular formula is C16H21N5O2. The van der Waals surface area contributed by atoms with Gasteiger partial charge in [-0.1, -0.05) is 6.07 Å².